The van der Waals surface area contributed by atoms with Gasteiger partial charge in [0.25, 0.3) is 0 Å². The van der Waals surface area contributed by atoms with Crippen LogP contribution >= 0.6 is 0 Å². The largest absolute Gasteiger partial charge is 0.413 e. The van der Waals surface area contributed by atoms with Crippen molar-refractivity contribution in [3.05, 3.63) is 0 Å². The fraction of sp³-hybridized carbons (Fsp3) is 1.00. The monoisotopic (exact) mass is 492 g/mol. The summed E-state index contributed by atoms with van der Waals surface area (Å²) in [6, 6.07) is 0. The zero-order chi connectivity index (χ0) is 24.0. The van der Waals surface area contributed by atoms with Gasteiger partial charge >= 0.3 is 20.8 Å². The molecule has 190 valence electrons. The number of aliphatic hydroxyl groups is 2. The smallest absolute Gasteiger partial charge is 0.396 e. The van der Waals surface area contributed by atoms with Crippen LogP contribution < -0.4 is 0 Å². The van der Waals surface area contributed by atoms with E-state index in [1.807, 2.05) is 0 Å². The predicted octanol–water partition coefficient (Wildman–Crippen LogP) is 4.46. The SMILES string of the molecule is CCCCCCCCCCCCCCCCC(CO)CCO.O=S(=O)(O)OS(=O)(=O)O. The Bertz CT molecular complexity index is 547. The summed E-state index contributed by atoms with van der Waals surface area (Å²) < 4.78 is 55.6. The van der Waals surface area contributed by atoms with E-state index in [1.165, 1.54) is 89.9 Å². The molecule has 0 aliphatic heterocycles. The first kappa shape index (κ1) is 32.9. The minimum Gasteiger partial charge on any atom is -0.396 e. The first-order valence-electron chi connectivity index (χ1n) is 11.4. The lowest BCUT2D eigenvalue weighted by molar-refractivity contribution is 0.174. The van der Waals surface area contributed by atoms with Gasteiger partial charge in [0.05, 0.1) is 0 Å². The molecule has 0 aliphatic carbocycles. The van der Waals surface area contributed by atoms with Crippen molar-refractivity contribution >= 4 is 20.8 Å². The summed E-state index contributed by atoms with van der Waals surface area (Å²) in [5.74, 6) is 0.322. The Morgan fingerprint density at radius 1 is 0.613 bits per heavy atom. The molecule has 0 bridgehead atoms. The van der Waals surface area contributed by atoms with E-state index >= 15 is 0 Å². The highest BCUT2D eigenvalue weighted by molar-refractivity contribution is 7.94. The van der Waals surface area contributed by atoms with Crippen molar-refractivity contribution in [3.8, 4) is 0 Å². The van der Waals surface area contributed by atoms with Gasteiger partial charge in [0.1, 0.15) is 0 Å². The van der Waals surface area contributed by atoms with Crippen molar-refractivity contribution in [3.63, 3.8) is 0 Å². The van der Waals surface area contributed by atoms with Gasteiger partial charge in [0, 0.05) is 13.2 Å². The molecule has 0 heterocycles. The van der Waals surface area contributed by atoms with E-state index in [4.69, 9.17) is 19.3 Å². The van der Waals surface area contributed by atoms with Crippen molar-refractivity contribution in [2.45, 2.75) is 110 Å². The van der Waals surface area contributed by atoms with Crippen molar-refractivity contribution in [1.29, 1.82) is 0 Å². The summed E-state index contributed by atoms with van der Waals surface area (Å²) in [5, 5.41) is 18.0. The van der Waals surface area contributed by atoms with Crippen molar-refractivity contribution in [2.75, 3.05) is 13.2 Å². The van der Waals surface area contributed by atoms with Crippen LogP contribution in [0.1, 0.15) is 110 Å². The van der Waals surface area contributed by atoms with E-state index < -0.39 is 20.8 Å². The fourth-order valence-corrected chi connectivity index (χ4v) is 4.11. The molecule has 0 spiro atoms. The standard InChI is InChI=1S/C20H42O2.H2O7S2/c1-2-3-4-5-6-7-8-9-10-11-12-13-14-15-16-20(19-22)17-18-21;1-8(2,3)7-9(4,5)6/h20-22H,2-19H2,1H3;(H,1,2,3)(H,4,5,6). The van der Waals surface area contributed by atoms with Crippen LogP contribution in [0.2, 0.25) is 0 Å². The number of rotatable bonds is 20. The summed E-state index contributed by atoms with van der Waals surface area (Å²) in [7, 11) is -10.2. The molecular weight excluding hydrogens is 448 g/mol. The van der Waals surface area contributed by atoms with E-state index in [0.29, 0.717) is 5.92 Å². The molecule has 31 heavy (non-hydrogen) atoms. The topological polar surface area (TPSA) is 158 Å². The lowest BCUT2D eigenvalue weighted by atomic mass is 9.98. The quantitative estimate of drug-likeness (QED) is 0.142. The third kappa shape index (κ3) is 32.0. The second-order valence-corrected chi connectivity index (χ2v) is 10.1. The van der Waals surface area contributed by atoms with Crippen LogP contribution in [0.5, 0.6) is 0 Å². The molecule has 0 saturated carbocycles. The third-order valence-corrected chi connectivity index (χ3v) is 6.31. The molecule has 0 aromatic carbocycles. The molecular formula is C20H44O9S2. The first-order chi connectivity index (χ1) is 14.6. The maximum absolute atomic E-state index is 9.44. The average molecular weight is 493 g/mol. The van der Waals surface area contributed by atoms with Crippen LogP contribution in [0, 0.1) is 5.92 Å². The van der Waals surface area contributed by atoms with Gasteiger partial charge < -0.3 is 10.2 Å². The van der Waals surface area contributed by atoms with Gasteiger partial charge in [-0.1, -0.05) is 96.8 Å². The molecule has 0 aromatic heterocycles. The number of hydrogen-bond donors (Lipinski definition) is 4. The third-order valence-electron chi connectivity index (χ3n) is 4.93. The lowest BCUT2D eigenvalue weighted by Gasteiger charge is -2.11. The highest BCUT2D eigenvalue weighted by Gasteiger charge is 2.15. The average Bonchev–Trinajstić information content (AvgIpc) is 2.65. The Balaban J connectivity index is 0. The molecule has 0 rings (SSSR count). The van der Waals surface area contributed by atoms with Crippen LogP contribution in [0.15, 0.2) is 0 Å². The minimum absolute atomic E-state index is 0.212. The van der Waals surface area contributed by atoms with E-state index in [-0.39, 0.29) is 13.2 Å². The summed E-state index contributed by atoms with van der Waals surface area (Å²) >= 11 is 0. The Morgan fingerprint density at radius 2 is 0.968 bits per heavy atom. The van der Waals surface area contributed by atoms with E-state index in [0.717, 1.165) is 12.8 Å². The van der Waals surface area contributed by atoms with Crippen LogP contribution in [0.4, 0.5) is 0 Å². The molecule has 0 aromatic rings. The van der Waals surface area contributed by atoms with Gasteiger partial charge in [-0.05, 0) is 18.8 Å². The summed E-state index contributed by atoms with van der Waals surface area (Å²) in [6.07, 6.45) is 21.3. The molecule has 1 unspecified atom stereocenters. The number of unbranched alkanes of at least 4 members (excludes halogenated alkanes) is 13. The summed E-state index contributed by atoms with van der Waals surface area (Å²) in [6.45, 7) is 2.73. The van der Waals surface area contributed by atoms with Crippen molar-refractivity contribution in [2.24, 2.45) is 5.92 Å². The van der Waals surface area contributed by atoms with Crippen LogP contribution in [0.25, 0.3) is 0 Å². The summed E-state index contributed by atoms with van der Waals surface area (Å²) in [5.41, 5.74) is 0. The molecule has 4 N–H and O–H groups in total. The number of hydrogen-bond acceptors (Lipinski definition) is 7. The number of aliphatic hydroxyl groups excluding tert-OH is 2. The Kier molecular flexibility index (Phi) is 22.8. The summed E-state index contributed by atoms with van der Waals surface area (Å²) in [4.78, 5) is 0. The Labute approximate surface area is 189 Å². The fourth-order valence-electron chi connectivity index (χ4n) is 3.25. The van der Waals surface area contributed by atoms with Crippen LogP contribution in [-0.4, -0.2) is 49.4 Å². The van der Waals surface area contributed by atoms with Crippen LogP contribution in [0.3, 0.4) is 0 Å². The normalized spacial score (nSPS) is 12.9. The first-order valence-corrected chi connectivity index (χ1v) is 14.2. The minimum atomic E-state index is -5.12. The highest BCUT2D eigenvalue weighted by atomic mass is 32.3. The van der Waals surface area contributed by atoms with Gasteiger partial charge in [-0.25, -0.2) is 0 Å². The van der Waals surface area contributed by atoms with Gasteiger partial charge in [-0.15, -0.1) is 3.63 Å². The van der Waals surface area contributed by atoms with E-state index in [2.05, 4.69) is 10.6 Å². The zero-order valence-electron chi connectivity index (χ0n) is 19.0. The second kappa shape index (κ2) is 21.5. The molecule has 0 aliphatic rings. The predicted molar refractivity (Wildman–Crippen MR) is 121 cm³/mol. The van der Waals surface area contributed by atoms with Gasteiger partial charge in [0.15, 0.2) is 0 Å². The van der Waals surface area contributed by atoms with Gasteiger partial charge in [-0.3, -0.25) is 9.11 Å². The molecule has 0 radical (unpaired) electrons. The molecule has 11 heteroatoms. The van der Waals surface area contributed by atoms with E-state index in [1.54, 1.807) is 0 Å². The van der Waals surface area contributed by atoms with E-state index in [9.17, 15) is 16.8 Å². The molecule has 0 saturated heterocycles. The lowest BCUT2D eigenvalue weighted by Crippen LogP contribution is -2.10. The maximum atomic E-state index is 9.44. The molecule has 9 nitrogen and oxygen atoms in total. The van der Waals surface area contributed by atoms with Crippen LogP contribution in [-0.2, 0) is 24.4 Å². The second-order valence-electron chi connectivity index (χ2n) is 7.87. The zero-order valence-corrected chi connectivity index (χ0v) is 20.6. The molecule has 0 amide bonds. The highest BCUT2D eigenvalue weighted by Crippen LogP contribution is 2.16. The Hall–Kier alpha value is -0.300. The maximum Gasteiger partial charge on any atom is 0.413 e. The Morgan fingerprint density at radius 3 is 1.23 bits per heavy atom. The van der Waals surface area contributed by atoms with Gasteiger partial charge in [-0.2, -0.15) is 16.8 Å². The molecule has 0 fully saturated rings. The van der Waals surface area contributed by atoms with Crippen molar-refractivity contribution < 1.29 is 39.8 Å². The van der Waals surface area contributed by atoms with Gasteiger partial charge in [0.2, 0.25) is 0 Å². The van der Waals surface area contributed by atoms with Crippen molar-refractivity contribution in [1.82, 2.24) is 0 Å². The molecule has 1 atom stereocenters.